The molecular formula is C59H100N2Ni. The van der Waals surface area contributed by atoms with E-state index in [1.54, 1.807) is 0 Å². The minimum absolute atomic E-state index is 0. The first-order chi connectivity index (χ1) is 30.0. The molecule has 0 spiro atoms. The second-order valence-electron chi connectivity index (χ2n) is 18.2. The number of aryl methyl sites for hydroxylation is 2. The Morgan fingerprint density at radius 1 is 0.371 bits per heavy atom. The summed E-state index contributed by atoms with van der Waals surface area (Å²) in [6.07, 6.45) is 46.0. The molecule has 3 rings (SSSR count). The summed E-state index contributed by atoms with van der Waals surface area (Å²) in [7, 11) is 0. The Morgan fingerprint density at radius 2 is 0.677 bits per heavy atom. The van der Waals surface area contributed by atoms with Crippen molar-refractivity contribution in [2.24, 2.45) is 0 Å². The zero-order valence-corrected chi connectivity index (χ0v) is 43.0. The molecule has 2 aromatic carbocycles. The van der Waals surface area contributed by atoms with Gasteiger partial charge in [0, 0.05) is 22.3 Å². The van der Waals surface area contributed by atoms with Crippen LogP contribution < -0.4 is 0 Å². The Labute approximate surface area is 398 Å². The molecule has 1 heterocycles. The molecule has 62 heavy (non-hydrogen) atoms. The molecule has 2 aromatic rings. The fourth-order valence-electron chi connectivity index (χ4n) is 8.58. The van der Waals surface area contributed by atoms with Gasteiger partial charge >= 0.3 is 16.5 Å². The van der Waals surface area contributed by atoms with Crippen LogP contribution in [0.2, 0.25) is 0 Å². The van der Waals surface area contributed by atoms with Gasteiger partial charge in [0.2, 0.25) is 11.4 Å². The van der Waals surface area contributed by atoms with Crippen LogP contribution in [0.25, 0.3) is 16.9 Å². The zero-order chi connectivity index (χ0) is 44.6. The van der Waals surface area contributed by atoms with Crippen LogP contribution in [-0.4, -0.2) is 4.70 Å². The Balaban J connectivity index is 0.00000107. The standard InChI is InChI=1S/C31H42N2.2C14H29.Ni/c1-5-9-15-24-17-12-19-26(22-24)30-28(14-8-4)29(21-11-7-3)31(33(30)32)27-20-13-18-25(23-27)16-10-6-2;2*1-3-5-7-9-11-13-14-12-10-8-6-4-2;/h12-13,17-20,22-23H,5-11,14-16,21H2,1-4H3;2*1,3-14H2,2H3;/q;2*-1;+2. The molecule has 0 fully saturated rings. The molecule has 0 aliphatic carbocycles. The Morgan fingerprint density at radius 3 is 1.00 bits per heavy atom. The van der Waals surface area contributed by atoms with Crippen molar-refractivity contribution in [2.45, 2.75) is 266 Å². The third-order valence-electron chi connectivity index (χ3n) is 12.4. The molecule has 356 valence electrons. The maximum Gasteiger partial charge on any atom is 2.00 e. The molecule has 0 bridgehead atoms. The summed E-state index contributed by atoms with van der Waals surface area (Å²) in [4.78, 5) is 0. The topological polar surface area (TPSA) is 25.3 Å². The summed E-state index contributed by atoms with van der Waals surface area (Å²) in [5, 5.41) is 0. The van der Waals surface area contributed by atoms with E-state index in [0.29, 0.717) is 0 Å². The number of hydrogen-bond donors (Lipinski definition) is 0. The van der Waals surface area contributed by atoms with Crippen molar-refractivity contribution in [1.29, 1.82) is 0 Å². The molecule has 1 aliphatic rings. The van der Waals surface area contributed by atoms with Crippen molar-refractivity contribution in [3.8, 4) is 0 Å². The molecule has 0 atom stereocenters. The van der Waals surface area contributed by atoms with Crippen molar-refractivity contribution in [2.75, 3.05) is 0 Å². The predicted octanol–water partition coefficient (Wildman–Crippen LogP) is 20.6. The molecule has 0 saturated carbocycles. The number of hydrogen-bond acceptors (Lipinski definition) is 0. The van der Waals surface area contributed by atoms with Crippen molar-refractivity contribution in [1.82, 2.24) is 0 Å². The second kappa shape index (κ2) is 42.9. The summed E-state index contributed by atoms with van der Waals surface area (Å²) in [6.45, 7) is 21.3. The summed E-state index contributed by atoms with van der Waals surface area (Å²) in [6, 6.07) is 17.7. The molecule has 1 aliphatic heterocycles. The summed E-state index contributed by atoms with van der Waals surface area (Å²) in [5.41, 5.74) is 21.3. The maximum absolute atomic E-state index is 11.7. The average molecular weight is 896 g/mol. The first kappa shape index (κ1) is 60.0. The van der Waals surface area contributed by atoms with Gasteiger partial charge in [-0.1, -0.05) is 233 Å². The fraction of sp³-hybridized carbons (Fsp3) is 0.695. The number of nitrogens with zero attached hydrogens (tertiary/aromatic N) is 2. The number of rotatable bonds is 35. The van der Waals surface area contributed by atoms with E-state index in [1.807, 2.05) is 0 Å². The van der Waals surface area contributed by atoms with Gasteiger partial charge in [0.25, 0.3) is 0 Å². The SMILES string of the molecule is CCCCC1=C(c2cccc(CCCC)c2)[N+](=[N-])C(c2cccc(CCCC)c2)=C1CCC.[CH2-]CCCCCCCCCCCCC.[CH2-]CCCCCCCCCCCCC.[Ni+2]. The van der Waals surface area contributed by atoms with Gasteiger partial charge in [-0.05, 0) is 80.3 Å². The molecular weight excluding hydrogens is 795 g/mol. The number of benzene rings is 2. The summed E-state index contributed by atoms with van der Waals surface area (Å²) >= 11 is 0. The van der Waals surface area contributed by atoms with Gasteiger partial charge in [0.05, 0.1) is 0 Å². The van der Waals surface area contributed by atoms with Gasteiger partial charge in [-0.2, -0.15) is 12.8 Å². The van der Waals surface area contributed by atoms with E-state index in [-0.39, 0.29) is 16.5 Å². The van der Waals surface area contributed by atoms with Gasteiger partial charge in [-0.25, -0.2) is 4.70 Å². The van der Waals surface area contributed by atoms with Crippen LogP contribution in [0.1, 0.15) is 276 Å². The molecule has 0 unspecified atom stereocenters. The third-order valence-corrected chi connectivity index (χ3v) is 12.4. The quantitative estimate of drug-likeness (QED) is 0.0285. The van der Waals surface area contributed by atoms with Crippen LogP contribution in [0.4, 0.5) is 0 Å². The minimum atomic E-state index is 0. The predicted molar refractivity (Wildman–Crippen MR) is 275 cm³/mol. The first-order valence-corrected chi connectivity index (χ1v) is 26.7. The molecule has 0 radical (unpaired) electrons. The molecule has 0 aromatic heterocycles. The van der Waals surface area contributed by atoms with E-state index in [9.17, 15) is 5.53 Å². The van der Waals surface area contributed by atoms with E-state index in [1.165, 1.54) is 194 Å². The van der Waals surface area contributed by atoms with Gasteiger partial charge in [0.1, 0.15) is 0 Å². The number of allylic oxidation sites excluding steroid dienone is 2. The van der Waals surface area contributed by atoms with Gasteiger partial charge < -0.3 is 19.4 Å². The smallest absolute Gasteiger partial charge is 0.493 e. The number of unbranched alkanes of at least 4 members (excludes halogenated alkanes) is 25. The van der Waals surface area contributed by atoms with Crippen molar-refractivity contribution >= 4 is 11.4 Å². The fourth-order valence-corrected chi connectivity index (χ4v) is 8.58. The summed E-state index contributed by atoms with van der Waals surface area (Å²) < 4.78 is 1.52. The van der Waals surface area contributed by atoms with Crippen molar-refractivity contribution < 1.29 is 21.2 Å². The van der Waals surface area contributed by atoms with Crippen LogP contribution in [0, 0.1) is 13.8 Å². The molecule has 0 N–H and O–H groups in total. The van der Waals surface area contributed by atoms with Crippen LogP contribution in [0.5, 0.6) is 0 Å². The van der Waals surface area contributed by atoms with Crippen molar-refractivity contribution in [3.05, 3.63) is 101 Å². The van der Waals surface area contributed by atoms with Crippen LogP contribution in [0.3, 0.4) is 0 Å². The molecule has 2 nitrogen and oxygen atoms in total. The van der Waals surface area contributed by atoms with Gasteiger partial charge in [0.15, 0.2) is 0 Å². The Kier molecular flexibility index (Phi) is 41.6. The Hall–Kier alpha value is -1.99. The zero-order valence-electron chi connectivity index (χ0n) is 42.0. The van der Waals surface area contributed by atoms with E-state index < -0.39 is 0 Å². The van der Waals surface area contributed by atoms with E-state index in [2.05, 4.69) is 104 Å². The Bertz CT molecular complexity index is 1350. The minimum Gasteiger partial charge on any atom is -0.493 e. The van der Waals surface area contributed by atoms with Crippen LogP contribution in [0.15, 0.2) is 59.7 Å². The molecule has 0 amide bonds. The van der Waals surface area contributed by atoms with Gasteiger partial charge in [-0.3, -0.25) is 0 Å². The normalized spacial score (nSPS) is 12.3. The van der Waals surface area contributed by atoms with Crippen LogP contribution in [-0.2, 0) is 29.3 Å². The summed E-state index contributed by atoms with van der Waals surface area (Å²) in [5.74, 6) is 0. The third kappa shape index (κ3) is 27.4. The molecule has 0 saturated heterocycles. The monoisotopic (exact) mass is 895 g/mol. The first-order valence-electron chi connectivity index (χ1n) is 26.7. The van der Waals surface area contributed by atoms with E-state index in [0.717, 1.165) is 80.3 Å². The van der Waals surface area contributed by atoms with Crippen molar-refractivity contribution in [3.63, 3.8) is 0 Å². The largest absolute Gasteiger partial charge is 2.00 e. The van der Waals surface area contributed by atoms with E-state index >= 15 is 0 Å². The van der Waals surface area contributed by atoms with Crippen LogP contribution >= 0.6 is 0 Å². The maximum atomic E-state index is 11.7. The van der Waals surface area contributed by atoms with Gasteiger partial charge in [-0.15, -0.1) is 0 Å². The van der Waals surface area contributed by atoms with E-state index in [4.69, 9.17) is 0 Å². The average Bonchev–Trinajstić information content (AvgIpc) is 3.56. The molecule has 3 heteroatoms. The second-order valence-corrected chi connectivity index (χ2v) is 18.2.